The largest absolute Gasteiger partial charge is 0.408 e. The van der Waals surface area contributed by atoms with Gasteiger partial charge in [0.15, 0.2) is 0 Å². The number of halogens is 3. The molecule has 0 saturated heterocycles. The van der Waals surface area contributed by atoms with Crippen LogP contribution in [0.25, 0.3) is 0 Å². The zero-order valence-electron chi connectivity index (χ0n) is 7.23. The van der Waals surface area contributed by atoms with Crippen LogP contribution in [0.1, 0.15) is 5.56 Å². The Morgan fingerprint density at radius 3 is 2.71 bits per heavy atom. The lowest BCUT2D eigenvalue weighted by molar-refractivity contribution is -0.140. The van der Waals surface area contributed by atoms with Gasteiger partial charge in [0.1, 0.15) is 6.04 Å². The predicted molar refractivity (Wildman–Crippen MR) is 48.0 cm³/mol. The quantitative estimate of drug-likeness (QED) is 0.633. The number of hydrogen-bond donors (Lipinski definition) is 2. The van der Waals surface area contributed by atoms with Crippen molar-refractivity contribution in [1.82, 2.24) is 0 Å². The lowest BCUT2D eigenvalue weighted by Crippen LogP contribution is -2.34. The summed E-state index contributed by atoms with van der Waals surface area (Å²) in [7, 11) is 0. The second-order valence-electron chi connectivity index (χ2n) is 3.36. The van der Waals surface area contributed by atoms with E-state index in [2.05, 4.69) is 5.32 Å². The third-order valence-corrected chi connectivity index (χ3v) is 2.28. The van der Waals surface area contributed by atoms with Crippen LogP contribution in [0, 0.1) is 0 Å². The summed E-state index contributed by atoms with van der Waals surface area (Å²) in [5.41, 5.74) is 7.10. The van der Waals surface area contributed by atoms with Gasteiger partial charge in [-0.2, -0.15) is 13.2 Å². The van der Waals surface area contributed by atoms with Gasteiger partial charge in [-0.1, -0.05) is 6.07 Å². The maximum absolute atomic E-state index is 12.3. The molecule has 1 atom stereocenters. The number of benzene rings is 1. The van der Waals surface area contributed by atoms with Crippen LogP contribution in [0.4, 0.5) is 24.5 Å². The van der Waals surface area contributed by atoms with Crippen molar-refractivity contribution in [3.8, 4) is 0 Å². The van der Waals surface area contributed by atoms with Crippen LogP contribution in [0.2, 0.25) is 0 Å². The van der Waals surface area contributed by atoms with E-state index in [1.165, 1.54) is 6.07 Å². The van der Waals surface area contributed by atoms with Crippen molar-refractivity contribution in [2.75, 3.05) is 11.1 Å². The highest BCUT2D eigenvalue weighted by atomic mass is 19.4. The molecule has 0 bridgehead atoms. The number of alkyl halides is 3. The Morgan fingerprint density at radius 1 is 1.36 bits per heavy atom. The predicted octanol–water partition coefficient (Wildman–Crippen LogP) is 2.17. The van der Waals surface area contributed by atoms with Crippen LogP contribution in [0.3, 0.4) is 0 Å². The van der Waals surface area contributed by atoms with Crippen molar-refractivity contribution < 1.29 is 13.2 Å². The second kappa shape index (κ2) is 2.80. The van der Waals surface area contributed by atoms with Gasteiger partial charge >= 0.3 is 6.18 Å². The fourth-order valence-electron chi connectivity index (χ4n) is 1.56. The Balaban J connectivity index is 2.26. The molecule has 76 valence electrons. The minimum absolute atomic E-state index is 0.0148. The van der Waals surface area contributed by atoms with Crippen molar-refractivity contribution in [1.29, 1.82) is 0 Å². The Bertz CT molecular complexity index is 360. The minimum atomic E-state index is -4.20. The summed E-state index contributed by atoms with van der Waals surface area (Å²) in [6, 6.07) is 3.29. The molecule has 0 aliphatic carbocycles. The highest BCUT2D eigenvalue weighted by molar-refractivity contribution is 5.63. The third-order valence-electron chi connectivity index (χ3n) is 2.28. The molecule has 1 heterocycles. The average molecular weight is 202 g/mol. The molecular formula is C9H9F3N2. The van der Waals surface area contributed by atoms with Crippen molar-refractivity contribution in [3.05, 3.63) is 23.8 Å². The summed E-state index contributed by atoms with van der Waals surface area (Å²) >= 11 is 0. The molecule has 5 heteroatoms. The van der Waals surface area contributed by atoms with Crippen molar-refractivity contribution in [3.63, 3.8) is 0 Å². The third kappa shape index (κ3) is 1.49. The summed E-state index contributed by atoms with van der Waals surface area (Å²) in [6.45, 7) is 0. The van der Waals surface area contributed by atoms with Crippen LogP contribution < -0.4 is 11.1 Å². The zero-order chi connectivity index (χ0) is 10.3. The molecule has 0 fully saturated rings. The van der Waals surface area contributed by atoms with E-state index in [0.717, 1.165) is 0 Å². The topological polar surface area (TPSA) is 38.0 Å². The molecule has 1 aliphatic rings. The maximum Gasteiger partial charge on any atom is 0.408 e. The molecule has 3 N–H and O–H groups in total. The molecule has 1 aromatic rings. The highest BCUT2D eigenvalue weighted by Gasteiger charge is 2.42. The Kier molecular flexibility index (Phi) is 1.83. The smallest absolute Gasteiger partial charge is 0.399 e. The molecule has 2 nitrogen and oxygen atoms in total. The van der Waals surface area contributed by atoms with Gasteiger partial charge in [-0.05, 0) is 17.7 Å². The molecular weight excluding hydrogens is 193 g/mol. The van der Waals surface area contributed by atoms with Gasteiger partial charge < -0.3 is 11.1 Å². The van der Waals surface area contributed by atoms with E-state index in [0.29, 0.717) is 16.9 Å². The summed E-state index contributed by atoms with van der Waals surface area (Å²) in [6.07, 6.45) is -4.22. The molecule has 1 unspecified atom stereocenters. The van der Waals surface area contributed by atoms with Crippen LogP contribution in [0.15, 0.2) is 18.2 Å². The molecule has 1 aromatic carbocycles. The lowest BCUT2D eigenvalue weighted by atomic mass is 10.1. The van der Waals surface area contributed by atoms with Crippen LogP contribution >= 0.6 is 0 Å². The summed E-state index contributed by atoms with van der Waals surface area (Å²) in [5.74, 6) is 0. The normalized spacial score (nSPS) is 20.4. The van der Waals surface area contributed by atoms with Gasteiger partial charge in [-0.3, -0.25) is 0 Å². The lowest BCUT2D eigenvalue weighted by Gasteiger charge is -2.14. The Hall–Kier alpha value is -1.39. The molecule has 0 spiro atoms. The molecule has 0 amide bonds. The molecule has 1 aliphatic heterocycles. The molecule has 0 aromatic heterocycles. The van der Waals surface area contributed by atoms with E-state index in [1.54, 1.807) is 12.1 Å². The first kappa shape index (κ1) is 9.18. The molecule has 0 saturated carbocycles. The van der Waals surface area contributed by atoms with Gasteiger partial charge in [-0.15, -0.1) is 0 Å². The number of rotatable bonds is 0. The minimum Gasteiger partial charge on any atom is -0.399 e. The standard InChI is InChI=1S/C9H9F3N2/c10-9(11,12)8-3-5-1-2-6(13)4-7(5)14-8/h1-2,4,8,14H,3,13H2. The van der Waals surface area contributed by atoms with Crippen LogP contribution in [0.5, 0.6) is 0 Å². The van der Waals surface area contributed by atoms with Crippen LogP contribution in [-0.2, 0) is 6.42 Å². The monoisotopic (exact) mass is 202 g/mol. The SMILES string of the molecule is Nc1ccc2c(c1)NC(C(F)(F)F)C2. The maximum atomic E-state index is 12.3. The van der Waals surface area contributed by atoms with Gasteiger partial charge in [0.05, 0.1) is 0 Å². The van der Waals surface area contributed by atoms with Gasteiger partial charge in [0.2, 0.25) is 0 Å². The van der Waals surface area contributed by atoms with Crippen molar-refractivity contribution in [2.24, 2.45) is 0 Å². The highest BCUT2D eigenvalue weighted by Crippen LogP contribution is 2.35. The Labute approximate surface area is 78.9 Å². The van der Waals surface area contributed by atoms with E-state index >= 15 is 0 Å². The number of nitrogen functional groups attached to an aromatic ring is 1. The van der Waals surface area contributed by atoms with Gasteiger partial charge in [0.25, 0.3) is 0 Å². The van der Waals surface area contributed by atoms with Crippen molar-refractivity contribution >= 4 is 11.4 Å². The number of fused-ring (bicyclic) bond motifs is 1. The molecule has 0 radical (unpaired) electrons. The van der Waals surface area contributed by atoms with Crippen LogP contribution in [-0.4, -0.2) is 12.2 Å². The van der Waals surface area contributed by atoms with E-state index in [4.69, 9.17) is 5.73 Å². The summed E-state index contributed by atoms with van der Waals surface area (Å²) < 4.78 is 37.0. The Morgan fingerprint density at radius 2 is 2.07 bits per heavy atom. The van der Waals surface area contributed by atoms with E-state index < -0.39 is 12.2 Å². The van der Waals surface area contributed by atoms with Gasteiger partial charge in [0, 0.05) is 17.8 Å². The number of anilines is 2. The summed E-state index contributed by atoms with van der Waals surface area (Å²) in [5, 5.41) is 2.41. The molecule has 2 rings (SSSR count). The van der Waals surface area contributed by atoms with Gasteiger partial charge in [-0.25, -0.2) is 0 Å². The first-order valence-corrected chi connectivity index (χ1v) is 4.18. The molecule has 14 heavy (non-hydrogen) atoms. The fourth-order valence-corrected chi connectivity index (χ4v) is 1.56. The first-order valence-electron chi connectivity index (χ1n) is 4.18. The fraction of sp³-hybridized carbons (Fsp3) is 0.333. The number of nitrogens with two attached hydrogens (primary N) is 1. The summed E-state index contributed by atoms with van der Waals surface area (Å²) in [4.78, 5) is 0. The number of nitrogens with one attached hydrogen (secondary N) is 1. The average Bonchev–Trinajstić information content (AvgIpc) is 2.45. The van der Waals surface area contributed by atoms with E-state index in [9.17, 15) is 13.2 Å². The van der Waals surface area contributed by atoms with E-state index in [1.807, 2.05) is 0 Å². The first-order chi connectivity index (χ1) is 6.47. The van der Waals surface area contributed by atoms with E-state index in [-0.39, 0.29) is 6.42 Å². The van der Waals surface area contributed by atoms with Crippen molar-refractivity contribution in [2.45, 2.75) is 18.6 Å². The zero-order valence-corrected chi connectivity index (χ0v) is 7.23. The second-order valence-corrected chi connectivity index (χ2v) is 3.36. The number of hydrogen-bond acceptors (Lipinski definition) is 2.